The Morgan fingerprint density at radius 1 is 1.37 bits per heavy atom. The number of rotatable bonds is 4. The van der Waals surface area contributed by atoms with Crippen LogP contribution in [0.1, 0.15) is 26.3 Å². The number of amides is 1. The maximum atomic E-state index is 11.5. The first-order valence-corrected chi connectivity index (χ1v) is 7.02. The van der Waals surface area contributed by atoms with Crippen LogP contribution in [0.2, 0.25) is 0 Å². The van der Waals surface area contributed by atoms with Gasteiger partial charge in [-0.3, -0.25) is 0 Å². The Bertz CT molecular complexity index is 412. The predicted octanol–water partition coefficient (Wildman–Crippen LogP) is 2.84. The van der Waals surface area contributed by atoms with E-state index in [2.05, 4.69) is 21.2 Å². The van der Waals surface area contributed by atoms with Crippen LogP contribution < -0.4 is 11.1 Å². The summed E-state index contributed by atoms with van der Waals surface area (Å²) in [5, 5.41) is 2.68. The Kier molecular flexibility index (Phi) is 5.82. The zero-order valence-corrected chi connectivity index (χ0v) is 13.2. The predicted molar refractivity (Wildman–Crippen MR) is 80.1 cm³/mol. The molecule has 0 spiro atoms. The molecule has 0 saturated heterocycles. The maximum absolute atomic E-state index is 11.5. The maximum Gasteiger partial charge on any atom is 0.407 e. The standard InChI is InChI=1S/C14H21BrN2O2/c1-14(2,3)19-13(18)17-9-12(16)8-10-4-6-11(15)7-5-10/h4-7,12H,8-9,16H2,1-3H3,(H,17,18). The van der Waals surface area contributed by atoms with E-state index < -0.39 is 11.7 Å². The van der Waals surface area contributed by atoms with Crippen LogP contribution in [0.3, 0.4) is 0 Å². The second-order valence-electron chi connectivity index (χ2n) is 5.47. The highest BCUT2D eigenvalue weighted by Gasteiger charge is 2.16. The van der Waals surface area contributed by atoms with Crippen molar-refractivity contribution in [2.45, 2.75) is 38.8 Å². The number of hydrogen-bond acceptors (Lipinski definition) is 3. The molecule has 0 radical (unpaired) electrons. The van der Waals surface area contributed by atoms with Gasteiger partial charge in [-0.1, -0.05) is 28.1 Å². The summed E-state index contributed by atoms with van der Waals surface area (Å²) in [6.45, 7) is 5.88. The minimum Gasteiger partial charge on any atom is -0.444 e. The molecule has 0 aliphatic rings. The highest BCUT2D eigenvalue weighted by Crippen LogP contribution is 2.11. The van der Waals surface area contributed by atoms with Gasteiger partial charge in [0.2, 0.25) is 0 Å². The van der Waals surface area contributed by atoms with Crippen molar-refractivity contribution in [2.75, 3.05) is 6.54 Å². The molecule has 1 aromatic rings. The van der Waals surface area contributed by atoms with Crippen molar-refractivity contribution in [3.8, 4) is 0 Å². The number of ether oxygens (including phenoxy) is 1. The minimum absolute atomic E-state index is 0.131. The Balaban J connectivity index is 2.33. The van der Waals surface area contributed by atoms with Gasteiger partial charge in [0.05, 0.1) is 0 Å². The van der Waals surface area contributed by atoms with E-state index in [4.69, 9.17) is 10.5 Å². The molecule has 106 valence electrons. The topological polar surface area (TPSA) is 64.3 Å². The smallest absolute Gasteiger partial charge is 0.407 e. The summed E-state index contributed by atoms with van der Waals surface area (Å²) in [6.07, 6.45) is 0.280. The third-order valence-electron chi connectivity index (χ3n) is 2.32. The molecule has 0 aliphatic heterocycles. The molecule has 0 aliphatic carbocycles. The summed E-state index contributed by atoms with van der Waals surface area (Å²) in [5.41, 5.74) is 6.63. The Morgan fingerprint density at radius 2 is 1.95 bits per heavy atom. The monoisotopic (exact) mass is 328 g/mol. The van der Waals surface area contributed by atoms with Crippen LogP contribution in [0.15, 0.2) is 28.7 Å². The van der Waals surface area contributed by atoms with Crippen molar-refractivity contribution >= 4 is 22.0 Å². The van der Waals surface area contributed by atoms with E-state index in [0.717, 1.165) is 10.0 Å². The second kappa shape index (κ2) is 6.91. The van der Waals surface area contributed by atoms with Gasteiger partial charge in [0, 0.05) is 17.1 Å². The van der Waals surface area contributed by atoms with Crippen molar-refractivity contribution in [1.82, 2.24) is 5.32 Å². The largest absolute Gasteiger partial charge is 0.444 e. The molecule has 3 N–H and O–H groups in total. The van der Waals surface area contributed by atoms with E-state index in [1.807, 2.05) is 45.0 Å². The van der Waals surface area contributed by atoms with Crippen molar-refractivity contribution in [3.63, 3.8) is 0 Å². The van der Waals surface area contributed by atoms with Crippen molar-refractivity contribution in [2.24, 2.45) is 5.73 Å². The normalized spacial score (nSPS) is 12.9. The van der Waals surface area contributed by atoms with Gasteiger partial charge in [0.1, 0.15) is 5.60 Å². The van der Waals surface area contributed by atoms with Gasteiger partial charge in [-0.25, -0.2) is 4.79 Å². The molecule has 4 nitrogen and oxygen atoms in total. The molecule has 0 bridgehead atoms. The molecule has 1 rings (SSSR count). The number of nitrogens with two attached hydrogens (primary N) is 1. The van der Waals surface area contributed by atoms with Crippen LogP contribution in [0.4, 0.5) is 4.79 Å². The highest BCUT2D eigenvalue weighted by atomic mass is 79.9. The van der Waals surface area contributed by atoms with E-state index >= 15 is 0 Å². The lowest BCUT2D eigenvalue weighted by atomic mass is 10.1. The molecular weight excluding hydrogens is 308 g/mol. The Hall–Kier alpha value is -1.07. The van der Waals surface area contributed by atoms with Gasteiger partial charge in [0.15, 0.2) is 0 Å². The van der Waals surface area contributed by atoms with E-state index in [1.54, 1.807) is 0 Å². The van der Waals surface area contributed by atoms with Gasteiger partial charge in [-0.15, -0.1) is 0 Å². The van der Waals surface area contributed by atoms with E-state index in [9.17, 15) is 4.79 Å². The first kappa shape index (κ1) is 16.0. The fraction of sp³-hybridized carbons (Fsp3) is 0.500. The summed E-state index contributed by atoms with van der Waals surface area (Å²) in [5.74, 6) is 0. The molecule has 1 atom stereocenters. The van der Waals surface area contributed by atoms with Crippen molar-refractivity contribution in [1.29, 1.82) is 0 Å². The lowest BCUT2D eigenvalue weighted by Gasteiger charge is -2.20. The van der Waals surface area contributed by atoms with Gasteiger partial charge in [-0.05, 0) is 44.9 Å². The van der Waals surface area contributed by atoms with Crippen LogP contribution in [-0.4, -0.2) is 24.3 Å². The summed E-state index contributed by atoms with van der Waals surface area (Å²) >= 11 is 3.38. The first-order valence-electron chi connectivity index (χ1n) is 6.23. The molecular formula is C14H21BrN2O2. The van der Waals surface area contributed by atoms with Crippen molar-refractivity contribution in [3.05, 3.63) is 34.3 Å². The van der Waals surface area contributed by atoms with E-state index in [-0.39, 0.29) is 6.04 Å². The van der Waals surface area contributed by atoms with Crippen LogP contribution in [0.5, 0.6) is 0 Å². The van der Waals surface area contributed by atoms with Gasteiger partial charge < -0.3 is 15.8 Å². The third-order valence-corrected chi connectivity index (χ3v) is 2.85. The van der Waals surface area contributed by atoms with Gasteiger partial charge in [0.25, 0.3) is 0 Å². The zero-order valence-electron chi connectivity index (χ0n) is 11.6. The number of alkyl carbamates (subject to hydrolysis) is 1. The molecule has 0 aromatic heterocycles. The number of carbonyl (C=O) groups is 1. The quantitative estimate of drug-likeness (QED) is 0.893. The van der Waals surface area contributed by atoms with Crippen LogP contribution in [0.25, 0.3) is 0 Å². The Morgan fingerprint density at radius 3 is 2.47 bits per heavy atom. The average Bonchev–Trinajstić information content (AvgIpc) is 2.27. The van der Waals surface area contributed by atoms with E-state index in [0.29, 0.717) is 13.0 Å². The molecule has 0 fully saturated rings. The minimum atomic E-state index is -0.486. The van der Waals surface area contributed by atoms with Crippen LogP contribution in [-0.2, 0) is 11.2 Å². The second-order valence-corrected chi connectivity index (χ2v) is 6.39. The molecule has 1 aromatic carbocycles. The summed E-state index contributed by atoms with van der Waals surface area (Å²) in [7, 11) is 0. The number of halogens is 1. The fourth-order valence-corrected chi connectivity index (χ4v) is 1.79. The summed E-state index contributed by atoms with van der Waals surface area (Å²) < 4.78 is 6.18. The number of hydrogen-bond donors (Lipinski definition) is 2. The van der Waals surface area contributed by atoms with Crippen molar-refractivity contribution < 1.29 is 9.53 Å². The highest BCUT2D eigenvalue weighted by molar-refractivity contribution is 9.10. The number of nitrogens with one attached hydrogen (secondary N) is 1. The molecule has 1 amide bonds. The van der Waals surface area contributed by atoms with Crippen LogP contribution >= 0.6 is 15.9 Å². The first-order chi connectivity index (χ1) is 8.76. The number of benzene rings is 1. The molecule has 1 unspecified atom stereocenters. The third kappa shape index (κ3) is 7.18. The lowest BCUT2D eigenvalue weighted by Crippen LogP contribution is -2.41. The SMILES string of the molecule is CC(C)(C)OC(=O)NCC(N)Cc1ccc(Br)cc1. The average molecular weight is 329 g/mol. The lowest BCUT2D eigenvalue weighted by molar-refractivity contribution is 0.0524. The number of carbonyl (C=O) groups excluding carboxylic acids is 1. The van der Waals surface area contributed by atoms with Crippen LogP contribution in [0, 0.1) is 0 Å². The summed E-state index contributed by atoms with van der Waals surface area (Å²) in [6, 6.07) is 7.84. The fourth-order valence-electron chi connectivity index (χ4n) is 1.52. The molecule has 5 heteroatoms. The molecule has 19 heavy (non-hydrogen) atoms. The molecule has 0 heterocycles. The Labute approximate surface area is 122 Å². The van der Waals surface area contributed by atoms with Gasteiger partial charge in [-0.2, -0.15) is 0 Å². The van der Waals surface area contributed by atoms with E-state index in [1.165, 1.54) is 0 Å². The van der Waals surface area contributed by atoms with Gasteiger partial charge >= 0.3 is 6.09 Å². The zero-order chi connectivity index (χ0) is 14.5. The summed E-state index contributed by atoms with van der Waals surface area (Å²) in [4.78, 5) is 11.5. The molecule has 0 saturated carbocycles.